The predicted octanol–water partition coefficient (Wildman–Crippen LogP) is 2.48. The SMILES string of the molecule is CC(C)(C)OC(=O)C1(C(=O)OC(C)(C)C)C(=O)c2ncccc2[C@@H]2CN3C(=O)OC[C@@H]3[C@H]21. The summed E-state index contributed by atoms with van der Waals surface area (Å²) in [5, 5.41) is 0. The molecule has 1 aromatic heterocycles. The minimum Gasteiger partial charge on any atom is -0.459 e. The summed E-state index contributed by atoms with van der Waals surface area (Å²) in [6, 6.07) is 2.79. The molecule has 0 N–H and O–H groups in total. The van der Waals surface area contributed by atoms with E-state index in [1.807, 2.05) is 0 Å². The first-order chi connectivity index (χ1) is 14.8. The highest BCUT2D eigenvalue weighted by Gasteiger charge is 2.72. The van der Waals surface area contributed by atoms with E-state index in [0.717, 1.165) is 0 Å². The summed E-state index contributed by atoms with van der Waals surface area (Å²) < 4.78 is 16.5. The zero-order valence-electron chi connectivity index (χ0n) is 19.1. The number of ether oxygens (including phenoxy) is 3. The Morgan fingerprint density at radius 3 is 2.25 bits per heavy atom. The largest absolute Gasteiger partial charge is 0.459 e. The van der Waals surface area contributed by atoms with Crippen LogP contribution in [0.3, 0.4) is 0 Å². The molecule has 9 heteroatoms. The first-order valence-corrected chi connectivity index (χ1v) is 10.7. The van der Waals surface area contributed by atoms with Crippen molar-refractivity contribution in [3.05, 3.63) is 29.6 Å². The predicted molar refractivity (Wildman–Crippen MR) is 111 cm³/mol. The van der Waals surface area contributed by atoms with E-state index in [-0.39, 0.29) is 18.8 Å². The number of nitrogens with zero attached hydrogens (tertiary/aromatic N) is 2. The Balaban J connectivity index is 1.97. The quantitative estimate of drug-likeness (QED) is 0.389. The van der Waals surface area contributed by atoms with Crippen LogP contribution in [0.4, 0.5) is 4.79 Å². The van der Waals surface area contributed by atoms with Crippen molar-refractivity contribution in [2.75, 3.05) is 13.2 Å². The molecule has 172 valence electrons. The van der Waals surface area contributed by atoms with Crippen LogP contribution in [0.1, 0.15) is 63.5 Å². The van der Waals surface area contributed by atoms with Gasteiger partial charge in [-0.2, -0.15) is 0 Å². The van der Waals surface area contributed by atoms with Crippen LogP contribution in [0.25, 0.3) is 0 Å². The molecule has 9 nitrogen and oxygen atoms in total. The van der Waals surface area contributed by atoms with Crippen molar-refractivity contribution in [2.24, 2.45) is 11.3 Å². The molecule has 2 fully saturated rings. The molecule has 1 aliphatic carbocycles. The van der Waals surface area contributed by atoms with E-state index in [2.05, 4.69) is 4.98 Å². The third-order valence-corrected chi connectivity index (χ3v) is 6.01. The summed E-state index contributed by atoms with van der Waals surface area (Å²) in [5.41, 5.74) is -3.61. The molecule has 3 aliphatic rings. The fourth-order valence-corrected chi connectivity index (χ4v) is 4.95. The number of rotatable bonds is 2. The number of Topliss-reactive ketones (excluding diaryl/α,β-unsaturated/α-hetero) is 1. The Morgan fingerprint density at radius 1 is 1.09 bits per heavy atom. The minimum atomic E-state index is -2.31. The van der Waals surface area contributed by atoms with Crippen molar-refractivity contribution in [3.63, 3.8) is 0 Å². The lowest BCUT2D eigenvalue weighted by Gasteiger charge is -2.43. The van der Waals surface area contributed by atoms with Gasteiger partial charge in [0.25, 0.3) is 0 Å². The highest BCUT2D eigenvalue weighted by atomic mass is 16.6. The van der Waals surface area contributed by atoms with Gasteiger partial charge in [0, 0.05) is 24.6 Å². The van der Waals surface area contributed by atoms with Crippen LogP contribution >= 0.6 is 0 Å². The second-order valence-electron chi connectivity index (χ2n) is 10.5. The zero-order valence-corrected chi connectivity index (χ0v) is 19.1. The summed E-state index contributed by atoms with van der Waals surface area (Å²) in [6.07, 6.45) is 0.903. The number of pyridine rings is 1. The van der Waals surface area contributed by atoms with Crippen LogP contribution in [-0.2, 0) is 23.8 Å². The smallest absolute Gasteiger partial charge is 0.410 e. The molecule has 1 amide bonds. The highest BCUT2D eigenvalue weighted by molar-refractivity contribution is 6.26. The Labute approximate surface area is 186 Å². The van der Waals surface area contributed by atoms with E-state index >= 15 is 0 Å². The Hall–Kier alpha value is -2.97. The Bertz CT molecular complexity index is 976. The molecule has 0 radical (unpaired) electrons. The van der Waals surface area contributed by atoms with Crippen molar-refractivity contribution in [3.8, 4) is 0 Å². The van der Waals surface area contributed by atoms with E-state index < -0.39 is 58.3 Å². The van der Waals surface area contributed by atoms with Gasteiger partial charge in [0.15, 0.2) is 0 Å². The van der Waals surface area contributed by atoms with Crippen LogP contribution < -0.4 is 0 Å². The molecule has 1 aromatic rings. The van der Waals surface area contributed by atoms with Gasteiger partial charge in [0.1, 0.15) is 23.5 Å². The highest BCUT2D eigenvalue weighted by Crippen LogP contribution is 2.56. The van der Waals surface area contributed by atoms with Crippen LogP contribution in [0.15, 0.2) is 18.3 Å². The average Bonchev–Trinajstić information content (AvgIpc) is 3.20. The zero-order chi connectivity index (χ0) is 23.6. The summed E-state index contributed by atoms with van der Waals surface area (Å²) in [4.78, 5) is 59.6. The number of fused-ring (bicyclic) bond motifs is 5. The molecular formula is C23H28N2O7. The minimum absolute atomic E-state index is 0.0278. The maximum atomic E-state index is 14.0. The summed E-state index contributed by atoms with van der Waals surface area (Å²) >= 11 is 0. The second kappa shape index (κ2) is 7.02. The van der Waals surface area contributed by atoms with Gasteiger partial charge in [-0.25, -0.2) is 4.79 Å². The number of hydrogen-bond donors (Lipinski definition) is 0. The molecular weight excluding hydrogens is 416 g/mol. The molecule has 0 saturated carbocycles. The number of esters is 2. The molecule has 3 heterocycles. The number of ketones is 1. The number of carbonyl (C=O) groups excluding carboxylic acids is 4. The van der Waals surface area contributed by atoms with E-state index in [1.165, 1.54) is 11.1 Å². The third kappa shape index (κ3) is 3.25. The fraction of sp³-hybridized carbons (Fsp3) is 0.609. The van der Waals surface area contributed by atoms with Gasteiger partial charge in [-0.05, 0) is 53.2 Å². The van der Waals surface area contributed by atoms with Gasteiger partial charge in [0.2, 0.25) is 11.2 Å². The number of cyclic esters (lactones) is 1. The molecule has 0 bridgehead atoms. The lowest BCUT2D eigenvalue weighted by Crippen LogP contribution is -2.61. The van der Waals surface area contributed by atoms with E-state index in [4.69, 9.17) is 14.2 Å². The summed E-state index contributed by atoms with van der Waals surface area (Å²) in [7, 11) is 0. The fourth-order valence-electron chi connectivity index (χ4n) is 4.95. The molecule has 0 aromatic carbocycles. The van der Waals surface area contributed by atoms with Crippen molar-refractivity contribution in [2.45, 2.75) is 64.7 Å². The molecule has 32 heavy (non-hydrogen) atoms. The number of carbonyl (C=O) groups is 4. The first-order valence-electron chi connectivity index (χ1n) is 10.7. The topological polar surface area (TPSA) is 112 Å². The van der Waals surface area contributed by atoms with Crippen molar-refractivity contribution in [1.82, 2.24) is 9.88 Å². The van der Waals surface area contributed by atoms with Gasteiger partial charge in [-0.15, -0.1) is 0 Å². The lowest BCUT2D eigenvalue weighted by molar-refractivity contribution is -0.186. The van der Waals surface area contributed by atoms with Gasteiger partial charge in [0.05, 0.1) is 6.04 Å². The van der Waals surface area contributed by atoms with Gasteiger partial charge in [-0.1, -0.05) is 6.07 Å². The third-order valence-electron chi connectivity index (χ3n) is 6.01. The van der Waals surface area contributed by atoms with Gasteiger partial charge in [-0.3, -0.25) is 19.4 Å². The lowest BCUT2D eigenvalue weighted by atomic mass is 9.59. The normalized spacial score (nSPS) is 26.1. The van der Waals surface area contributed by atoms with Crippen LogP contribution in [0.5, 0.6) is 0 Å². The molecule has 4 rings (SSSR count). The first kappa shape index (κ1) is 22.2. The van der Waals surface area contributed by atoms with Crippen molar-refractivity contribution < 1.29 is 33.4 Å². The molecule has 0 spiro atoms. The Kier molecular flexibility index (Phi) is 4.87. The van der Waals surface area contributed by atoms with Crippen molar-refractivity contribution in [1.29, 1.82) is 0 Å². The number of aromatic nitrogens is 1. The van der Waals surface area contributed by atoms with Gasteiger partial charge < -0.3 is 19.1 Å². The van der Waals surface area contributed by atoms with Crippen LogP contribution in [-0.4, -0.2) is 64.1 Å². The number of hydrogen-bond acceptors (Lipinski definition) is 8. The number of amides is 1. The van der Waals surface area contributed by atoms with E-state index in [9.17, 15) is 19.2 Å². The van der Waals surface area contributed by atoms with Crippen LogP contribution in [0.2, 0.25) is 0 Å². The maximum absolute atomic E-state index is 14.0. The summed E-state index contributed by atoms with van der Waals surface area (Å²) in [6.45, 7) is 10.1. The Morgan fingerprint density at radius 2 is 1.69 bits per heavy atom. The summed E-state index contributed by atoms with van der Waals surface area (Å²) in [5.74, 6) is -4.12. The second-order valence-corrected chi connectivity index (χ2v) is 10.5. The van der Waals surface area contributed by atoms with E-state index in [0.29, 0.717) is 5.56 Å². The molecule has 0 unspecified atom stereocenters. The monoisotopic (exact) mass is 444 g/mol. The van der Waals surface area contributed by atoms with E-state index in [1.54, 1.807) is 53.7 Å². The molecule has 2 saturated heterocycles. The standard InChI is InChI=1S/C23H28N2O7/c1-21(2,3)31-18(27)23(19(28)32-22(4,5)6)15-13(10-25-14(15)11-30-20(25)29)12-8-7-9-24-16(12)17(23)26/h7-9,13-15H,10-11H2,1-6H3/t13-,14+,15-/m0/s1. The van der Waals surface area contributed by atoms with Crippen LogP contribution in [0, 0.1) is 11.3 Å². The molecule has 2 aliphatic heterocycles. The maximum Gasteiger partial charge on any atom is 0.410 e. The molecule has 3 atom stereocenters. The van der Waals surface area contributed by atoms with Gasteiger partial charge >= 0.3 is 18.0 Å². The average molecular weight is 444 g/mol. The van der Waals surface area contributed by atoms with Crippen molar-refractivity contribution >= 4 is 23.8 Å².